The number of aromatic nitrogens is 1. The summed E-state index contributed by atoms with van der Waals surface area (Å²) in [5.41, 5.74) is 8.60. The van der Waals surface area contributed by atoms with Crippen LogP contribution in [0.1, 0.15) is 0 Å². The molecule has 236 valence electrons. The zero-order chi connectivity index (χ0) is 33.5. The quantitative estimate of drug-likeness (QED) is 0.169. The van der Waals surface area contributed by atoms with Crippen LogP contribution >= 0.6 is 0 Å². The van der Waals surface area contributed by atoms with E-state index in [0.29, 0.717) is 0 Å². The van der Waals surface area contributed by atoms with E-state index >= 15 is 0 Å². The van der Waals surface area contributed by atoms with Crippen LogP contribution in [0.25, 0.3) is 104 Å². The van der Waals surface area contributed by atoms with Crippen molar-refractivity contribution in [1.82, 2.24) is 4.57 Å². The van der Waals surface area contributed by atoms with Gasteiger partial charge in [-0.15, -0.1) is 0 Å². The van der Waals surface area contributed by atoms with Gasteiger partial charge in [0.05, 0.1) is 11.0 Å². The van der Waals surface area contributed by atoms with E-state index < -0.39 is 0 Å². The molecule has 1 heteroatoms. The molecule has 0 amide bonds. The van der Waals surface area contributed by atoms with E-state index in [1.54, 1.807) is 0 Å². The number of hydrogen-bond acceptors (Lipinski definition) is 0. The van der Waals surface area contributed by atoms with Crippen molar-refractivity contribution < 1.29 is 0 Å². The summed E-state index contributed by atoms with van der Waals surface area (Å²) < 4.78 is 2.46. The second-order valence-corrected chi connectivity index (χ2v) is 13.7. The molecule has 1 heterocycles. The Morgan fingerprint density at radius 3 is 1.27 bits per heavy atom. The summed E-state index contributed by atoms with van der Waals surface area (Å²) in [7, 11) is 0. The molecule has 0 unspecified atom stereocenters. The average Bonchev–Trinajstić information content (AvgIpc) is 3.50. The van der Waals surface area contributed by atoms with Gasteiger partial charge in [0.1, 0.15) is 0 Å². The van der Waals surface area contributed by atoms with E-state index in [4.69, 9.17) is 0 Å². The van der Waals surface area contributed by atoms with Crippen molar-refractivity contribution >= 4 is 75.7 Å². The van der Waals surface area contributed by atoms with Gasteiger partial charge in [-0.3, -0.25) is 0 Å². The van der Waals surface area contributed by atoms with E-state index in [1.807, 2.05) is 0 Å². The zero-order valence-corrected chi connectivity index (χ0v) is 27.8. The maximum atomic E-state index is 2.49. The van der Waals surface area contributed by atoms with Gasteiger partial charge in [0, 0.05) is 16.5 Å². The molecule has 0 spiro atoms. The third kappa shape index (κ3) is 4.28. The number of para-hydroxylation sites is 1. The molecule has 0 radical (unpaired) electrons. The van der Waals surface area contributed by atoms with Crippen LogP contribution in [0.4, 0.5) is 0 Å². The van der Waals surface area contributed by atoms with Crippen molar-refractivity contribution in [1.29, 1.82) is 0 Å². The SMILES string of the molecule is c1ccc(-n2c3cc4ccccc4cc3c3cc4c(-c5ccc6ccccc6c5)c5ccccc5c(-c5ccc6ccccc6c5)c4cc32)cc1. The fourth-order valence-electron chi connectivity index (χ4n) is 8.54. The van der Waals surface area contributed by atoms with Gasteiger partial charge in [-0.2, -0.15) is 0 Å². The number of fused-ring (bicyclic) bond motifs is 8. The first kappa shape index (κ1) is 28.2. The van der Waals surface area contributed by atoms with E-state index in [1.165, 1.54) is 97.9 Å². The number of nitrogens with zero attached hydrogens (tertiary/aromatic N) is 1. The van der Waals surface area contributed by atoms with E-state index in [2.05, 4.69) is 193 Å². The second kappa shape index (κ2) is 10.9. The molecular weight excluding hydrogens is 615 g/mol. The standard InChI is InChI=1S/C50H31N/c1-2-18-40(19-3-1)51-47-29-37-17-9-8-16-36(37)28-43(47)44-30-45-46(31-48(44)51)50(39-25-23-33-13-5-7-15-35(33)27-39)42-21-11-10-20-41(42)49(45)38-24-22-32-12-4-6-14-34(32)26-38/h1-31H. The summed E-state index contributed by atoms with van der Waals surface area (Å²) in [5.74, 6) is 0. The summed E-state index contributed by atoms with van der Waals surface area (Å²) in [4.78, 5) is 0. The highest BCUT2D eigenvalue weighted by molar-refractivity contribution is 6.26. The van der Waals surface area contributed by atoms with Crippen molar-refractivity contribution in [3.05, 3.63) is 188 Å². The predicted molar refractivity (Wildman–Crippen MR) is 219 cm³/mol. The highest BCUT2D eigenvalue weighted by Gasteiger charge is 2.21. The summed E-state index contributed by atoms with van der Waals surface area (Å²) >= 11 is 0. The Hall–Kier alpha value is -6.70. The van der Waals surface area contributed by atoms with Crippen LogP contribution in [0.2, 0.25) is 0 Å². The lowest BCUT2D eigenvalue weighted by Gasteiger charge is -2.19. The predicted octanol–water partition coefficient (Wildman–Crippen LogP) is 13.9. The normalized spacial score (nSPS) is 11.9. The van der Waals surface area contributed by atoms with Crippen LogP contribution in [0.3, 0.4) is 0 Å². The van der Waals surface area contributed by atoms with Crippen LogP contribution in [0.5, 0.6) is 0 Å². The van der Waals surface area contributed by atoms with Gasteiger partial charge in [0.25, 0.3) is 0 Å². The van der Waals surface area contributed by atoms with Crippen LogP contribution in [-0.4, -0.2) is 4.57 Å². The van der Waals surface area contributed by atoms with Crippen molar-refractivity contribution in [2.75, 3.05) is 0 Å². The van der Waals surface area contributed by atoms with Gasteiger partial charge in [-0.05, 0) is 125 Å². The molecule has 0 fully saturated rings. The van der Waals surface area contributed by atoms with Crippen LogP contribution in [0.15, 0.2) is 188 Å². The van der Waals surface area contributed by atoms with Gasteiger partial charge < -0.3 is 4.57 Å². The molecule has 0 N–H and O–H groups in total. The highest BCUT2D eigenvalue weighted by atomic mass is 15.0. The minimum absolute atomic E-state index is 1.16. The molecule has 11 aromatic rings. The molecular formula is C50H31N. The Balaban J connectivity index is 1.36. The third-order valence-corrected chi connectivity index (χ3v) is 10.9. The number of rotatable bonds is 3. The Morgan fingerprint density at radius 2 is 0.686 bits per heavy atom. The third-order valence-electron chi connectivity index (χ3n) is 10.9. The average molecular weight is 646 g/mol. The van der Waals surface area contributed by atoms with Crippen molar-refractivity contribution in [3.8, 4) is 27.9 Å². The molecule has 0 atom stereocenters. The molecule has 11 rings (SSSR count). The largest absolute Gasteiger partial charge is 0.309 e. The van der Waals surface area contributed by atoms with Gasteiger partial charge in [0.2, 0.25) is 0 Å². The van der Waals surface area contributed by atoms with E-state index in [-0.39, 0.29) is 0 Å². The molecule has 0 aliphatic heterocycles. The lowest BCUT2D eigenvalue weighted by Crippen LogP contribution is -1.95. The maximum absolute atomic E-state index is 2.49. The summed E-state index contributed by atoms with van der Waals surface area (Å²) in [6, 6.07) is 69.5. The Morgan fingerprint density at radius 1 is 0.255 bits per heavy atom. The van der Waals surface area contributed by atoms with E-state index in [0.717, 1.165) is 5.69 Å². The molecule has 1 nitrogen and oxygen atoms in total. The second-order valence-electron chi connectivity index (χ2n) is 13.7. The fraction of sp³-hybridized carbons (Fsp3) is 0. The first-order valence-electron chi connectivity index (χ1n) is 17.7. The maximum Gasteiger partial charge on any atom is 0.0547 e. The van der Waals surface area contributed by atoms with Gasteiger partial charge in [-0.25, -0.2) is 0 Å². The molecule has 10 aromatic carbocycles. The molecule has 0 aliphatic rings. The van der Waals surface area contributed by atoms with Crippen molar-refractivity contribution in [2.24, 2.45) is 0 Å². The molecule has 0 saturated carbocycles. The zero-order valence-electron chi connectivity index (χ0n) is 27.8. The van der Waals surface area contributed by atoms with Crippen LogP contribution in [-0.2, 0) is 0 Å². The van der Waals surface area contributed by atoms with Gasteiger partial charge in [-0.1, -0.05) is 140 Å². The smallest absolute Gasteiger partial charge is 0.0547 e. The number of benzene rings is 10. The van der Waals surface area contributed by atoms with Crippen molar-refractivity contribution in [2.45, 2.75) is 0 Å². The first-order valence-corrected chi connectivity index (χ1v) is 17.7. The summed E-state index contributed by atoms with van der Waals surface area (Å²) in [6.45, 7) is 0. The molecule has 0 bridgehead atoms. The molecule has 0 aliphatic carbocycles. The van der Waals surface area contributed by atoms with Gasteiger partial charge in [0.15, 0.2) is 0 Å². The van der Waals surface area contributed by atoms with Crippen LogP contribution in [0, 0.1) is 0 Å². The lowest BCUT2D eigenvalue weighted by atomic mass is 9.84. The Bertz CT molecular complexity index is 3180. The monoisotopic (exact) mass is 645 g/mol. The van der Waals surface area contributed by atoms with Crippen LogP contribution < -0.4 is 0 Å². The Labute approximate surface area is 295 Å². The number of hydrogen-bond donors (Lipinski definition) is 0. The minimum atomic E-state index is 1.16. The first-order chi connectivity index (χ1) is 25.3. The molecule has 51 heavy (non-hydrogen) atoms. The van der Waals surface area contributed by atoms with Crippen molar-refractivity contribution in [3.63, 3.8) is 0 Å². The molecule has 0 saturated heterocycles. The topological polar surface area (TPSA) is 4.93 Å². The van der Waals surface area contributed by atoms with Gasteiger partial charge >= 0.3 is 0 Å². The summed E-state index contributed by atoms with van der Waals surface area (Å²) in [5, 5.41) is 15.1. The summed E-state index contributed by atoms with van der Waals surface area (Å²) in [6.07, 6.45) is 0. The molecule has 1 aromatic heterocycles. The highest BCUT2D eigenvalue weighted by Crippen LogP contribution is 2.47. The Kier molecular flexibility index (Phi) is 6.02. The minimum Gasteiger partial charge on any atom is -0.309 e. The lowest BCUT2D eigenvalue weighted by molar-refractivity contribution is 1.18. The van der Waals surface area contributed by atoms with E-state index in [9.17, 15) is 0 Å². The fourth-order valence-corrected chi connectivity index (χ4v) is 8.54.